The molecule has 0 aromatic heterocycles. The van der Waals surface area contributed by atoms with Crippen molar-refractivity contribution >= 4 is 21.6 Å². The van der Waals surface area contributed by atoms with Crippen LogP contribution in [0.25, 0.3) is 0 Å². The Kier molecular flexibility index (Phi) is 5.87. The number of carbonyl (C=O) groups is 1. The van der Waals surface area contributed by atoms with Crippen LogP contribution in [0.3, 0.4) is 0 Å². The van der Waals surface area contributed by atoms with E-state index < -0.39 is 10.0 Å². The van der Waals surface area contributed by atoms with Crippen LogP contribution in [0.5, 0.6) is 0 Å². The van der Waals surface area contributed by atoms with Crippen LogP contribution in [0.15, 0.2) is 53.4 Å². The van der Waals surface area contributed by atoms with Gasteiger partial charge >= 0.3 is 0 Å². The number of anilines is 1. The molecule has 0 radical (unpaired) electrons. The second-order valence-corrected chi connectivity index (χ2v) is 10.5. The number of sulfonamides is 1. The van der Waals surface area contributed by atoms with Crippen molar-refractivity contribution in [1.82, 2.24) is 5.32 Å². The maximum atomic E-state index is 13.6. The molecule has 2 bridgehead atoms. The molecular formula is C24H30N2O3S. The summed E-state index contributed by atoms with van der Waals surface area (Å²) in [6.07, 6.45) is 5.32. The minimum Gasteiger partial charge on any atom is -0.352 e. The van der Waals surface area contributed by atoms with Gasteiger partial charge in [0, 0.05) is 6.04 Å². The first-order valence-corrected chi connectivity index (χ1v) is 12.3. The van der Waals surface area contributed by atoms with Crippen LogP contribution in [-0.2, 0) is 21.2 Å². The molecule has 4 rings (SSSR count). The first-order chi connectivity index (χ1) is 14.4. The van der Waals surface area contributed by atoms with Crippen molar-refractivity contribution in [3.63, 3.8) is 0 Å². The van der Waals surface area contributed by atoms with Crippen molar-refractivity contribution in [1.29, 1.82) is 0 Å². The van der Waals surface area contributed by atoms with Gasteiger partial charge in [-0.3, -0.25) is 9.10 Å². The molecule has 6 heteroatoms. The van der Waals surface area contributed by atoms with Crippen molar-refractivity contribution in [2.45, 2.75) is 56.9 Å². The zero-order chi connectivity index (χ0) is 21.3. The number of amides is 1. The average Bonchev–Trinajstić information content (AvgIpc) is 3.35. The minimum absolute atomic E-state index is 0.182. The minimum atomic E-state index is -3.87. The first kappa shape index (κ1) is 20.9. The largest absolute Gasteiger partial charge is 0.352 e. The predicted molar refractivity (Wildman–Crippen MR) is 119 cm³/mol. The number of rotatable bonds is 7. The van der Waals surface area contributed by atoms with Crippen LogP contribution in [-0.4, -0.2) is 26.9 Å². The summed E-state index contributed by atoms with van der Waals surface area (Å²) in [7, 11) is -3.87. The molecule has 0 spiro atoms. The lowest BCUT2D eigenvalue weighted by atomic mass is 9.95. The number of para-hydroxylation sites is 1. The van der Waals surface area contributed by atoms with Crippen LogP contribution in [0.1, 0.15) is 43.7 Å². The fourth-order valence-corrected chi connectivity index (χ4v) is 6.45. The SMILES string of the molecule is CCc1ccccc1N(CC(=O)N[C@@H]1C[C@H]2CC[C@H]1C2)S(=O)(=O)c1ccc(C)cc1. The number of hydrogen-bond donors (Lipinski definition) is 1. The highest BCUT2D eigenvalue weighted by atomic mass is 32.2. The summed E-state index contributed by atoms with van der Waals surface area (Å²) in [4.78, 5) is 13.2. The highest BCUT2D eigenvalue weighted by Gasteiger charge is 2.40. The first-order valence-electron chi connectivity index (χ1n) is 10.8. The maximum absolute atomic E-state index is 13.6. The fourth-order valence-electron chi connectivity index (χ4n) is 4.99. The van der Waals surface area contributed by atoms with Gasteiger partial charge in [-0.15, -0.1) is 0 Å². The summed E-state index contributed by atoms with van der Waals surface area (Å²) in [5.41, 5.74) is 2.47. The van der Waals surface area contributed by atoms with Crippen molar-refractivity contribution in [3.05, 3.63) is 59.7 Å². The maximum Gasteiger partial charge on any atom is 0.264 e. The van der Waals surface area contributed by atoms with Crippen molar-refractivity contribution in [3.8, 4) is 0 Å². The van der Waals surface area contributed by atoms with E-state index in [4.69, 9.17) is 0 Å². The lowest BCUT2D eigenvalue weighted by Crippen LogP contribution is -2.46. The Morgan fingerprint density at radius 2 is 1.80 bits per heavy atom. The molecule has 1 amide bonds. The molecule has 2 fully saturated rings. The zero-order valence-corrected chi connectivity index (χ0v) is 18.5. The van der Waals surface area contributed by atoms with Crippen molar-refractivity contribution in [2.75, 3.05) is 10.8 Å². The average molecular weight is 427 g/mol. The molecular weight excluding hydrogens is 396 g/mol. The van der Waals surface area contributed by atoms with Gasteiger partial charge in [-0.1, -0.05) is 49.2 Å². The summed E-state index contributed by atoms with van der Waals surface area (Å²) in [5.74, 6) is 1.03. The number of carbonyl (C=O) groups excluding carboxylic acids is 1. The quantitative estimate of drug-likeness (QED) is 0.726. The Morgan fingerprint density at radius 1 is 1.07 bits per heavy atom. The summed E-state index contributed by atoms with van der Waals surface area (Å²) >= 11 is 0. The topological polar surface area (TPSA) is 66.5 Å². The van der Waals surface area contributed by atoms with Gasteiger partial charge in [-0.25, -0.2) is 8.42 Å². The Balaban J connectivity index is 1.63. The van der Waals surface area contributed by atoms with E-state index in [9.17, 15) is 13.2 Å². The standard InChI is InChI=1S/C24H30N2O3S/c1-3-19-6-4-5-7-23(19)26(30(28,29)21-12-8-17(2)9-13-21)16-24(27)25-22-15-18-10-11-20(22)14-18/h4-9,12-13,18,20,22H,3,10-11,14-16H2,1-2H3,(H,25,27)/t18-,20-,22+/m0/s1. The van der Waals surface area contributed by atoms with Gasteiger partial charge < -0.3 is 5.32 Å². The molecule has 0 aliphatic heterocycles. The zero-order valence-electron chi connectivity index (χ0n) is 17.7. The van der Waals surface area contributed by atoms with Gasteiger partial charge in [0.05, 0.1) is 10.6 Å². The Hall–Kier alpha value is -2.34. The van der Waals surface area contributed by atoms with Crippen LogP contribution in [0.4, 0.5) is 5.69 Å². The van der Waals surface area contributed by atoms with Crippen LogP contribution < -0.4 is 9.62 Å². The summed E-state index contributed by atoms with van der Waals surface area (Å²) < 4.78 is 28.4. The van der Waals surface area contributed by atoms with E-state index in [1.807, 2.05) is 32.0 Å². The van der Waals surface area contributed by atoms with Crippen LogP contribution in [0.2, 0.25) is 0 Å². The third kappa shape index (κ3) is 4.10. The Bertz CT molecular complexity index is 1020. The summed E-state index contributed by atoms with van der Waals surface area (Å²) in [6, 6.07) is 14.4. The Morgan fingerprint density at radius 3 is 2.43 bits per heavy atom. The summed E-state index contributed by atoms with van der Waals surface area (Å²) in [6.45, 7) is 3.70. The smallest absolute Gasteiger partial charge is 0.264 e. The van der Waals surface area contributed by atoms with Gasteiger partial charge in [-0.05, 0) is 68.2 Å². The van der Waals surface area contributed by atoms with Gasteiger partial charge in [0.25, 0.3) is 10.0 Å². The molecule has 0 unspecified atom stereocenters. The van der Waals surface area contributed by atoms with Crippen molar-refractivity contribution < 1.29 is 13.2 Å². The van der Waals surface area contributed by atoms with E-state index in [1.165, 1.54) is 23.6 Å². The molecule has 2 aliphatic rings. The second-order valence-electron chi connectivity index (χ2n) is 8.66. The third-order valence-corrected chi connectivity index (χ3v) is 8.40. The van der Waals surface area contributed by atoms with E-state index in [2.05, 4.69) is 5.32 Å². The molecule has 2 aliphatic carbocycles. The van der Waals surface area contributed by atoms with E-state index >= 15 is 0 Å². The van der Waals surface area contributed by atoms with E-state index in [0.29, 0.717) is 23.9 Å². The molecule has 0 heterocycles. The van der Waals surface area contributed by atoms with E-state index in [0.717, 1.165) is 17.5 Å². The van der Waals surface area contributed by atoms with Crippen LogP contribution in [0, 0.1) is 18.8 Å². The van der Waals surface area contributed by atoms with E-state index in [1.54, 1.807) is 30.3 Å². The molecule has 5 nitrogen and oxygen atoms in total. The highest BCUT2D eigenvalue weighted by Crippen LogP contribution is 2.44. The number of fused-ring (bicyclic) bond motifs is 2. The predicted octanol–water partition coefficient (Wildman–Crippen LogP) is 4.06. The van der Waals surface area contributed by atoms with Gasteiger partial charge in [0.15, 0.2) is 0 Å². The molecule has 160 valence electrons. The number of benzene rings is 2. The molecule has 2 aromatic carbocycles. The van der Waals surface area contributed by atoms with Crippen LogP contribution >= 0.6 is 0 Å². The van der Waals surface area contributed by atoms with Gasteiger partial charge in [-0.2, -0.15) is 0 Å². The van der Waals surface area contributed by atoms with E-state index in [-0.39, 0.29) is 23.4 Å². The highest BCUT2D eigenvalue weighted by molar-refractivity contribution is 7.92. The lowest BCUT2D eigenvalue weighted by Gasteiger charge is -2.28. The fraction of sp³-hybridized carbons (Fsp3) is 0.458. The summed E-state index contributed by atoms with van der Waals surface area (Å²) in [5, 5.41) is 3.14. The number of aryl methyl sites for hydroxylation is 2. The second kappa shape index (κ2) is 8.42. The number of nitrogens with one attached hydrogen (secondary N) is 1. The Labute approximate surface area is 179 Å². The number of nitrogens with zero attached hydrogens (tertiary/aromatic N) is 1. The molecule has 3 atom stereocenters. The molecule has 30 heavy (non-hydrogen) atoms. The van der Waals surface area contributed by atoms with Gasteiger partial charge in [0.1, 0.15) is 6.54 Å². The molecule has 1 N–H and O–H groups in total. The van der Waals surface area contributed by atoms with Gasteiger partial charge in [0.2, 0.25) is 5.91 Å². The normalized spacial score (nSPS) is 22.8. The van der Waals surface area contributed by atoms with Crippen molar-refractivity contribution in [2.24, 2.45) is 11.8 Å². The third-order valence-electron chi connectivity index (χ3n) is 6.62. The molecule has 2 saturated carbocycles. The molecule has 2 aromatic rings. The monoisotopic (exact) mass is 426 g/mol. The molecule has 0 saturated heterocycles. The number of hydrogen-bond acceptors (Lipinski definition) is 3. The lowest BCUT2D eigenvalue weighted by molar-refractivity contribution is -0.120.